The van der Waals surface area contributed by atoms with Gasteiger partial charge in [-0.2, -0.15) is 0 Å². The van der Waals surface area contributed by atoms with E-state index in [9.17, 15) is 0 Å². The molecule has 0 radical (unpaired) electrons. The van der Waals surface area contributed by atoms with Crippen LogP contribution in [0.4, 0.5) is 0 Å². The highest BCUT2D eigenvalue weighted by Crippen LogP contribution is 2.36. The Bertz CT molecular complexity index is 339. The molecule has 0 aromatic heterocycles. The van der Waals surface area contributed by atoms with Crippen LogP contribution >= 0.6 is 0 Å². The summed E-state index contributed by atoms with van der Waals surface area (Å²) >= 11 is 0. The van der Waals surface area contributed by atoms with Gasteiger partial charge in [-0.3, -0.25) is 0 Å². The third-order valence-electron chi connectivity index (χ3n) is 3.94. The first-order valence-corrected chi connectivity index (χ1v) is 5.89. The second-order valence-corrected chi connectivity index (χ2v) is 5.26. The van der Waals surface area contributed by atoms with Crippen molar-refractivity contribution >= 4 is 0 Å². The van der Waals surface area contributed by atoms with Gasteiger partial charge in [-0.15, -0.1) is 0 Å². The van der Waals surface area contributed by atoms with Gasteiger partial charge in [0.05, 0.1) is 0 Å². The maximum Gasteiger partial charge on any atom is 0.0444 e. The van der Waals surface area contributed by atoms with Crippen molar-refractivity contribution in [3.05, 3.63) is 35.4 Å². The molecule has 1 aromatic carbocycles. The van der Waals surface area contributed by atoms with Gasteiger partial charge in [0.2, 0.25) is 0 Å². The number of benzene rings is 1. The Kier molecular flexibility index (Phi) is 2.59. The van der Waals surface area contributed by atoms with Crippen molar-refractivity contribution in [3.63, 3.8) is 0 Å². The van der Waals surface area contributed by atoms with Crippen molar-refractivity contribution in [1.29, 1.82) is 0 Å². The van der Waals surface area contributed by atoms with E-state index in [4.69, 9.17) is 0 Å². The quantitative estimate of drug-likeness (QED) is 0.778. The van der Waals surface area contributed by atoms with E-state index in [2.05, 4.69) is 57.3 Å². The number of hydrogen-bond donors (Lipinski definition) is 1. The third kappa shape index (κ3) is 1.69. The lowest BCUT2D eigenvalue weighted by Gasteiger charge is -2.47. The minimum Gasteiger partial charge on any atom is -0.307 e. The first-order chi connectivity index (χ1) is 7.04. The average Bonchev–Trinajstić information content (AvgIpc) is 2.26. The van der Waals surface area contributed by atoms with Crippen LogP contribution in [0.1, 0.15) is 44.7 Å². The van der Waals surface area contributed by atoms with E-state index in [-0.39, 0.29) is 5.54 Å². The Balaban J connectivity index is 2.24. The van der Waals surface area contributed by atoms with Crippen molar-refractivity contribution in [2.75, 3.05) is 6.54 Å². The topological polar surface area (TPSA) is 12.0 Å². The van der Waals surface area contributed by atoms with Crippen molar-refractivity contribution in [2.24, 2.45) is 5.92 Å². The van der Waals surface area contributed by atoms with Gasteiger partial charge in [-0.1, -0.05) is 45.0 Å². The zero-order chi connectivity index (χ0) is 11.1. The molecule has 0 spiro atoms. The van der Waals surface area contributed by atoms with Crippen LogP contribution in [-0.4, -0.2) is 6.54 Å². The molecule has 1 heteroatoms. The number of hydrogen-bond acceptors (Lipinski definition) is 1. The fraction of sp³-hybridized carbons (Fsp3) is 0.571. The molecule has 1 heterocycles. The van der Waals surface area contributed by atoms with E-state index in [0.29, 0.717) is 5.92 Å². The maximum atomic E-state index is 3.54. The molecule has 2 rings (SSSR count). The van der Waals surface area contributed by atoms with E-state index in [1.807, 2.05) is 0 Å². The highest BCUT2D eigenvalue weighted by molar-refractivity contribution is 5.32. The van der Waals surface area contributed by atoms with Crippen molar-refractivity contribution in [1.82, 2.24) is 5.32 Å². The predicted molar refractivity (Wildman–Crippen MR) is 65.0 cm³/mol. The number of rotatable bonds is 2. The molecule has 1 nitrogen and oxygen atoms in total. The summed E-state index contributed by atoms with van der Waals surface area (Å²) in [5.74, 6) is 1.36. The van der Waals surface area contributed by atoms with E-state index >= 15 is 0 Å². The molecule has 2 unspecified atom stereocenters. The predicted octanol–water partition coefficient (Wildman–Crippen LogP) is 3.26. The second kappa shape index (κ2) is 3.64. The summed E-state index contributed by atoms with van der Waals surface area (Å²) in [7, 11) is 0. The Labute approximate surface area is 92.9 Å². The van der Waals surface area contributed by atoms with Gasteiger partial charge in [-0.25, -0.2) is 0 Å². The molecule has 15 heavy (non-hydrogen) atoms. The molecule has 1 saturated heterocycles. The Morgan fingerprint density at radius 3 is 2.20 bits per heavy atom. The third-order valence-corrected chi connectivity index (χ3v) is 3.94. The monoisotopic (exact) mass is 203 g/mol. The van der Waals surface area contributed by atoms with Gasteiger partial charge in [0, 0.05) is 12.1 Å². The van der Waals surface area contributed by atoms with Crippen molar-refractivity contribution < 1.29 is 0 Å². The molecule has 1 aromatic rings. The van der Waals surface area contributed by atoms with Crippen molar-refractivity contribution in [2.45, 2.75) is 39.2 Å². The van der Waals surface area contributed by atoms with Gasteiger partial charge in [0.1, 0.15) is 0 Å². The summed E-state index contributed by atoms with van der Waals surface area (Å²) in [5, 5.41) is 3.54. The minimum absolute atomic E-state index is 0.204. The first-order valence-electron chi connectivity index (χ1n) is 5.89. The average molecular weight is 203 g/mol. The molecule has 1 aliphatic heterocycles. The van der Waals surface area contributed by atoms with Gasteiger partial charge >= 0.3 is 0 Å². The Morgan fingerprint density at radius 2 is 1.87 bits per heavy atom. The van der Waals surface area contributed by atoms with E-state index < -0.39 is 0 Å². The summed E-state index contributed by atoms with van der Waals surface area (Å²) in [6.07, 6.45) is 0. The first kappa shape index (κ1) is 10.7. The van der Waals surface area contributed by atoms with Crippen LogP contribution < -0.4 is 5.32 Å². The fourth-order valence-electron chi connectivity index (χ4n) is 2.21. The normalized spacial score (nSPS) is 30.3. The molecule has 0 aliphatic carbocycles. The molecular formula is C14H21N. The molecule has 0 amide bonds. The summed E-state index contributed by atoms with van der Waals surface area (Å²) in [4.78, 5) is 0. The molecule has 1 fully saturated rings. The van der Waals surface area contributed by atoms with Crippen LogP contribution in [0.5, 0.6) is 0 Å². The molecule has 0 saturated carbocycles. The zero-order valence-electron chi connectivity index (χ0n) is 10.2. The number of nitrogens with one attached hydrogen (secondary N) is 1. The SMILES string of the molecule is CC(C)c1ccc(C2(C)NCC2C)cc1. The highest BCUT2D eigenvalue weighted by Gasteiger charge is 2.40. The summed E-state index contributed by atoms with van der Waals surface area (Å²) < 4.78 is 0. The summed E-state index contributed by atoms with van der Waals surface area (Å²) in [6, 6.07) is 9.08. The lowest BCUT2D eigenvalue weighted by molar-refractivity contribution is 0.135. The van der Waals surface area contributed by atoms with E-state index in [1.54, 1.807) is 0 Å². The maximum absolute atomic E-state index is 3.54. The largest absolute Gasteiger partial charge is 0.307 e. The molecule has 2 atom stereocenters. The second-order valence-electron chi connectivity index (χ2n) is 5.26. The molecule has 0 bridgehead atoms. The lowest BCUT2D eigenvalue weighted by atomic mass is 9.74. The lowest BCUT2D eigenvalue weighted by Crippen LogP contribution is -2.59. The van der Waals surface area contributed by atoms with Crippen LogP contribution in [0.2, 0.25) is 0 Å². The standard InChI is InChI=1S/C14H21N/c1-10(2)12-5-7-13(8-6-12)14(4)11(3)9-15-14/h5-8,10-11,15H,9H2,1-4H3. The fourth-order valence-corrected chi connectivity index (χ4v) is 2.21. The van der Waals surface area contributed by atoms with E-state index in [0.717, 1.165) is 12.5 Å². The molecular weight excluding hydrogens is 182 g/mol. The molecule has 1 N–H and O–H groups in total. The van der Waals surface area contributed by atoms with Gasteiger partial charge in [0.15, 0.2) is 0 Å². The van der Waals surface area contributed by atoms with Crippen LogP contribution in [-0.2, 0) is 5.54 Å². The molecule has 1 aliphatic rings. The van der Waals surface area contributed by atoms with Crippen LogP contribution in [0.15, 0.2) is 24.3 Å². The van der Waals surface area contributed by atoms with Crippen molar-refractivity contribution in [3.8, 4) is 0 Å². The van der Waals surface area contributed by atoms with Crippen LogP contribution in [0.25, 0.3) is 0 Å². The van der Waals surface area contributed by atoms with Crippen LogP contribution in [0, 0.1) is 5.92 Å². The van der Waals surface area contributed by atoms with Crippen LogP contribution in [0.3, 0.4) is 0 Å². The summed E-state index contributed by atoms with van der Waals surface area (Å²) in [5.41, 5.74) is 3.05. The van der Waals surface area contributed by atoms with E-state index in [1.165, 1.54) is 11.1 Å². The van der Waals surface area contributed by atoms with Gasteiger partial charge in [0.25, 0.3) is 0 Å². The zero-order valence-corrected chi connectivity index (χ0v) is 10.2. The smallest absolute Gasteiger partial charge is 0.0444 e. The Hall–Kier alpha value is -0.820. The van der Waals surface area contributed by atoms with Gasteiger partial charge < -0.3 is 5.32 Å². The minimum atomic E-state index is 0.204. The summed E-state index contributed by atoms with van der Waals surface area (Å²) in [6.45, 7) is 10.2. The van der Waals surface area contributed by atoms with Gasteiger partial charge in [-0.05, 0) is 29.9 Å². The molecule has 82 valence electrons. The highest BCUT2D eigenvalue weighted by atomic mass is 15.1. The Morgan fingerprint density at radius 1 is 1.27 bits per heavy atom.